The van der Waals surface area contributed by atoms with Crippen LogP contribution in [-0.4, -0.2) is 5.16 Å². The van der Waals surface area contributed by atoms with Gasteiger partial charge in [0.05, 0.1) is 0 Å². The van der Waals surface area contributed by atoms with Crippen molar-refractivity contribution in [3.05, 3.63) is 39.8 Å². The molecule has 0 N–H and O–H groups in total. The van der Waals surface area contributed by atoms with Crippen molar-refractivity contribution in [3.63, 3.8) is 0 Å². The lowest BCUT2D eigenvalue weighted by Crippen LogP contribution is -1.83. The predicted molar refractivity (Wildman–Crippen MR) is 54.6 cm³/mol. The fraction of sp³-hybridized carbons (Fsp3) is 0. The molecule has 72 valence electrons. The average Bonchev–Trinajstić information content (AvgIpc) is 2.56. The third-order valence-corrected chi connectivity index (χ3v) is 2.36. The van der Waals surface area contributed by atoms with Crippen LogP contribution in [0.5, 0.6) is 0 Å². The maximum atomic E-state index is 13.3. The van der Waals surface area contributed by atoms with Crippen molar-refractivity contribution in [2.75, 3.05) is 0 Å². The van der Waals surface area contributed by atoms with E-state index in [2.05, 4.69) is 25.6 Å². The number of halogens is 3. The first kappa shape index (κ1) is 9.68. The topological polar surface area (TPSA) is 26.0 Å². The molecule has 0 atom stereocenters. The standard InChI is InChI=1S/C9H4BrClFNO/c10-5-1-2-7(12)6(3-5)8-4-9(11)14-13-8/h1-4H. The van der Waals surface area contributed by atoms with E-state index >= 15 is 0 Å². The van der Waals surface area contributed by atoms with Crippen LogP contribution in [0.2, 0.25) is 5.22 Å². The molecule has 0 saturated carbocycles. The Morgan fingerprint density at radius 1 is 1.36 bits per heavy atom. The highest BCUT2D eigenvalue weighted by atomic mass is 79.9. The fourth-order valence-corrected chi connectivity index (χ4v) is 1.57. The maximum Gasteiger partial charge on any atom is 0.226 e. The zero-order valence-electron chi connectivity index (χ0n) is 6.80. The normalized spacial score (nSPS) is 10.5. The SMILES string of the molecule is Fc1ccc(Br)cc1-c1cc(Cl)on1. The second kappa shape index (κ2) is 3.71. The van der Waals surface area contributed by atoms with Crippen LogP contribution >= 0.6 is 27.5 Å². The van der Waals surface area contributed by atoms with Gasteiger partial charge in [0.15, 0.2) is 0 Å². The fourth-order valence-electron chi connectivity index (χ4n) is 1.07. The van der Waals surface area contributed by atoms with Crippen LogP contribution < -0.4 is 0 Å². The molecule has 0 spiro atoms. The second-order valence-corrected chi connectivity index (χ2v) is 3.93. The van der Waals surface area contributed by atoms with E-state index in [0.717, 1.165) is 4.47 Å². The molecule has 0 radical (unpaired) electrons. The highest BCUT2D eigenvalue weighted by molar-refractivity contribution is 9.10. The molecular formula is C9H4BrClFNO. The van der Waals surface area contributed by atoms with Crippen molar-refractivity contribution in [2.45, 2.75) is 0 Å². The molecule has 1 aromatic carbocycles. The van der Waals surface area contributed by atoms with Gasteiger partial charge in [-0.3, -0.25) is 0 Å². The van der Waals surface area contributed by atoms with E-state index in [4.69, 9.17) is 11.6 Å². The second-order valence-electron chi connectivity index (χ2n) is 2.64. The van der Waals surface area contributed by atoms with Gasteiger partial charge >= 0.3 is 0 Å². The Bertz CT molecular complexity index is 472. The Kier molecular flexibility index (Phi) is 2.56. The van der Waals surface area contributed by atoms with Crippen molar-refractivity contribution < 1.29 is 8.91 Å². The lowest BCUT2D eigenvalue weighted by atomic mass is 10.1. The molecule has 14 heavy (non-hydrogen) atoms. The van der Waals surface area contributed by atoms with Gasteiger partial charge in [-0.2, -0.15) is 0 Å². The minimum atomic E-state index is -0.363. The number of aromatic nitrogens is 1. The molecule has 2 rings (SSSR count). The average molecular weight is 276 g/mol. The Hall–Kier alpha value is -0.870. The smallest absolute Gasteiger partial charge is 0.226 e. The molecular weight excluding hydrogens is 272 g/mol. The molecule has 1 aromatic heterocycles. The van der Waals surface area contributed by atoms with E-state index in [1.165, 1.54) is 12.1 Å². The van der Waals surface area contributed by atoms with E-state index in [0.29, 0.717) is 11.3 Å². The van der Waals surface area contributed by atoms with Gasteiger partial charge in [0.2, 0.25) is 5.22 Å². The Morgan fingerprint density at radius 2 is 2.14 bits per heavy atom. The zero-order valence-corrected chi connectivity index (χ0v) is 9.14. The van der Waals surface area contributed by atoms with E-state index < -0.39 is 0 Å². The van der Waals surface area contributed by atoms with E-state index in [-0.39, 0.29) is 11.0 Å². The highest BCUT2D eigenvalue weighted by Crippen LogP contribution is 2.26. The molecule has 5 heteroatoms. The first-order valence-electron chi connectivity index (χ1n) is 3.74. The van der Waals surface area contributed by atoms with E-state index in [1.54, 1.807) is 12.1 Å². The summed E-state index contributed by atoms with van der Waals surface area (Å²) in [6, 6.07) is 6.04. The first-order valence-corrected chi connectivity index (χ1v) is 4.91. The molecule has 1 heterocycles. The molecule has 0 aliphatic heterocycles. The van der Waals surface area contributed by atoms with Crippen LogP contribution in [0, 0.1) is 5.82 Å². The van der Waals surface area contributed by atoms with Gasteiger partial charge in [-0.1, -0.05) is 21.1 Å². The van der Waals surface area contributed by atoms with Gasteiger partial charge in [-0.05, 0) is 29.8 Å². The highest BCUT2D eigenvalue weighted by Gasteiger charge is 2.10. The monoisotopic (exact) mass is 275 g/mol. The van der Waals surface area contributed by atoms with Crippen LogP contribution in [0.1, 0.15) is 0 Å². The van der Waals surface area contributed by atoms with E-state index in [1.807, 2.05) is 0 Å². The summed E-state index contributed by atoms with van der Waals surface area (Å²) in [6.45, 7) is 0. The summed E-state index contributed by atoms with van der Waals surface area (Å²) >= 11 is 8.78. The molecule has 0 fully saturated rings. The van der Waals surface area contributed by atoms with Crippen molar-refractivity contribution in [2.24, 2.45) is 0 Å². The Morgan fingerprint density at radius 3 is 2.79 bits per heavy atom. The number of nitrogens with zero attached hydrogens (tertiary/aromatic N) is 1. The molecule has 0 amide bonds. The van der Waals surface area contributed by atoms with E-state index in [9.17, 15) is 4.39 Å². The quantitative estimate of drug-likeness (QED) is 0.789. The van der Waals surface area contributed by atoms with Crippen molar-refractivity contribution >= 4 is 27.5 Å². The summed E-state index contributed by atoms with van der Waals surface area (Å²) in [5.41, 5.74) is 0.740. The summed E-state index contributed by atoms with van der Waals surface area (Å²) in [4.78, 5) is 0. The molecule has 0 bridgehead atoms. The van der Waals surface area contributed by atoms with Crippen molar-refractivity contribution in [1.29, 1.82) is 0 Å². The summed E-state index contributed by atoms with van der Waals surface area (Å²) in [6.07, 6.45) is 0. The van der Waals surface area contributed by atoms with Gasteiger partial charge in [0.25, 0.3) is 0 Å². The van der Waals surface area contributed by atoms with Gasteiger partial charge in [-0.25, -0.2) is 4.39 Å². The number of hydrogen-bond acceptors (Lipinski definition) is 2. The number of benzene rings is 1. The predicted octanol–water partition coefficient (Wildman–Crippen LogP) is 3.90. The Labute approximate surface area is 92.8 Å². The summed E-state index contributed by atoms with van der Waals surface area (Å²) in [7, 11) is 0. The minimum absolute atomic E-state index is 0.138. The van der Waals surface area contributed by atoms with Crippen LogP contribution in [0.25, 0.3) is 11.3 Å². The molecule has 2 nitrogen and oxygen atoms in total. The third-order valence-electron chi connectivity index (χ3n) is 1.69. The number of hydrogen-bond donors (Lipinski definition) is 0. The van der Waals surface area contributed by atoms with Crippen LogP contribution in [0.4, 0.5) is 4.39 Å². The van der Waals surface area contributed by atoms with Crippen molar-refractivity contribution in [3.8, 4) is 11.3 Å². The van der Waals surface area contributed by atoms with Gasteiger partial charge < -0.3 is 4.52 Å². The minimum Gasteiger partial charge on any atom is -0.344 e. The van der Waals surface area contributed by atoms with Gasteiger partial charge in [-0.15, -0.1) is 0 Å². The summed E-state index contributed by atoms with van der Waals surface area (Å²) < 4.78 is 18.7. The molecule has 0 aliphatic carbocycles. The molecule has 0 saturated heterocycles. The largest absolute Gasteiger partial charge is 0.344 e. The first-order chi connectivity index (χ1) is 6.66. The number of rotatable bonds is 1. The zero-order chi connectivity index (χ0) is 10.1. The summed E-state index contributed by atoms with van der Waals surface area (Å²) in [5.74, 6) is -0.363. The van der Waals surface area contributed by atoms with Crippen LogP contribution in [0.15, 0.2) is 33.3 Å². The third kappa shape index (κ3) is 1.81. The molecule has 2 aromatic rings. The van der Waals surface area contributed by atoms with Gasteiger partial charge in [0.1, 0.15) is 11.5 Å². The van der Waals surface area contributed by atoms with Crippen molar-refractivity contribution in [1.82, 2.24) is 5.16 Å². The lowest BCUT2D eigenvalue weighted by molar-refractivity contribution is 0.423. The Balaban J connectivity index is 2.55. The molecule has 0 unspecified atom stereocenters. The maximum absolute atomic E-state index is 13.3. The lowest BCUT2D eigenvalue weighted by Gasteiger charge is -1.98. The van der Waals surface area contributed by atoms with Crippen LogP contribution in [0.3, 0.4) is 0 Å². The van der Waals surface area contributed by atoms with Crippen LogP contribution in [-0.2, 0) is 0 Å². The molecule has 0 aliphatic rings. The summed E-state index contributed by atoms with van der Waals surface area (Å²) in [5, 5.41) is 3.76. The van der Waals surface area contributed by atoms with Gasteiger partial charge in [0, 0.05) is 16.1 Å².